The predicted molar refractivity (Wildman–Crippen MR) is 108 cm³/mol. The molecule has 0 saturated heterocycles. The van der Waals surface area contributed by atoms with Crippen LogP contribution in [0.3, 0.4) is 0 Å². The van der Waals surface area contributed by atoms with Crippen molar-refractivity contribution in [1.82, 2.24) is 5.32 Å². The van der Waals surface area contributed by atoms with Crippen molar-refractivity contribution in [2.75, 3.05) is 12.4 Å². The van der Waals surface area contributed by atoms with Gasteiger partial charge in [-0.05, 0) is 64.0 Å². The number of carbonyl (C=O) groups excluding carboxylic acids is 2. The van der Waals surface area contributed by atoms with Crippen LogP contribution in [0.25, 0.3) is 0 Å². The number of carboxylic acid groups (broad SMARTS) is 1. The molecule has 0 saturated carbocycles. The van der Waals surface area contributed by atoms with Gasteiger partial charge in [0.15, 0.2) is 4.90 Å². The molecule has 1 aromatic carbocycles. The molecule has 0 fully saturated rings. The number of carboxylic acids is 1. The van der Waals surface area contributed by atoms with Crippen molar-refractivity contribution in [3.05, 3.63) is 23.8 Å². The Morgan fingerprint density at radius 2 is 1.83 bits per heavy atom. The summed E-state index contributed by atoms with van der Waals surface area (Å²) in [6, 6.07) is 3.50. The zero-order valence-corrected chi connectivity index (χ0v) is 18.2. The van der Waals surface area contributed by atoms with Gasteiger partial charge in [0.2, 0.25) is 0 Å². The van der Waals surface area contributed by atoms with E-state index in [4.69, 9.17) is 4.74 Å². The lowest BCUT2D eigenvalue weighted by Crippen LogP contribution is -2.36. The molecule has 0 aliphatic carbocycles. The highest BCUT2D eigenvalue weighted by Gasteiger charge is 2.29. The molecule has 0 aromatic heterocycles. The van der Waals surface area contributed by atoms with Gasteiger partial charge < -0.3 is 24.4 Å². The number of anilines is 1. The molecule has 3 N–H and O–H groups in total. The van der Waals surface area contributed by atoms with E-state index in [0.717, 1.165) is 0 Å². The third-order valence-electron chi connectivity index (χ3n) is 3.53. The molecule has 2 amide bonds. The number of alkyl carbamates (subject to hydrolysis) is 1. The summed E-state index contributed by atoms with van der Waals surface area (Å²) in [5, 5.41) is 14.1. The van der Waals surface area contributed by atoms with E-state index in [0.29, 0.717) is 16.1 Å². The van der Waals surface area contributed by atoms with Crippen LogP contribution < -0.4 is 10.6 Å². The first-order valence-electron chi connectivity index (χ1n) is 8.94. The number of methoxy groups -OCH3 is 1. The van der Waals surface area contributed by atoms with Crippen LogP contribution in [0.4, 0.5) is 15.3 Å². The standard InChI is InChI=1S/C19H28N2O7S/c1-11(2)29(26)15-8-7-12(20-17(24)27-6)9-13(15)14(10-16(22)23)21-18(25)28-19(3,4)5/h7-9,11,14H,10H2,1-6H3,(H,20,24)(H,21,25)(H,22,23). The minimum atomic E-state index is -1.47. The molecular weight excluding hydrogens is 400 g/mol. The first kappa shape index (κ1) is 24.6. The molecule has 0 radical (unpaired) electrons. The third-order valence-corrected chi connectivity index (χ3v) is 5.19. The molecule has 0 bridgehead atoms. The van der Waals surface area contributed by atoms with Gasteiger partial charge in [-0.3, -0.25) is 10.1 Å². The minimum Gasteiger partial charge on any atom is -0.611 e. The first-order valence-corrected chi connectivity index (χ1v) is 10.2. The fraction of sp³-hybridized carbons (Fsp3) is 0.526. The van der Waals surface area contributed by atoms with Gasteiger partial charge in [0, 0.05) is 11.3 Å². The van der Waals surface area contributed by atoms with Gasteiger partial charge in [-0.15, -0.1) is 0 Å². The van der Waals surface area contributed by atoms with Crippen molar-refractivity contribution in [2.45, 2.75) is 62.8 Å². The van der Waals surface area contributed by atoms with Crippen molar-refractivity contribution >= 4 is 35.0 Å². The summed E-state index contributed by atoms with van der Waals surface area (Å²) >= 11 is -1.47. The fourth-order valence-electron chi connectivity index (χ4n) is 2.37. The maximum absolute atomic E-state index is 12.8. The average Bonchev–Trinajstić information content (AvgIpc) is 2.58. The summed E-state index contributed by atoms with van der Waals surface area (Å²) in [5.41, 5.74) is -0.174. The van der Waals surface area contributed by atoms with Crippen LogP contribution in [0.2, 0.25) is 0 Å². The number of ether oxygens (including phenoxy) is 2. The third kappa shape index (κ3) is 8.20. The van der Waals surface area contributed by atoms with Crippen molar-refractivity contribution in [3.63, 3.8) is 0 Å². The average molecular weight is 429 g/mol. The SMILES string of the molecule is COC(=O)Nc1ccc([S+]([O-])C(C)C)c(C(CC(=O)O)NC(=O)OC(C)(C)C)c1. The highest BCUT2D eigenvalue weighted by Crippen LogP contribution is 2.31. The maximum Gasteiger partial charge on any atom is 0.411 e. The number of carbonyl (C=O) groups is 3. The van der Waals surface area contributed by atoms with Crippen LogP contribution in [-0.2, 0) is 25.4 Å². The van der Waals surface area contributed by atoms with Crippen molar-refractivity contribution in [2.24, 2.45) is 0 Å². The van der Waals surface area contributed by atoms with E-state index in [9.17, 15) is 24.0 Å². The van der Waals surface area contributed by atoms with Gasteiger partial charge in [-0.25, -0.2) is 9.59 Å². The summed E-state index contributed by atoms with van der Waals surface area (Å²) < 4.78 is 22.6. The Balaban J connectivity index is 3.39. The topological polar surface area (TPSA) is 137 Å². The van der Waals surface area contributed by atoms with Crippen LogP contribution in [0.1, 0.15) is 52.6 Å². The van der Waals surface area contributed by atoms with Gasteiger partial charge in [-0.2, -0.15) is 0 Å². The lowest BCUT2D eigenvalue weighted by molar-refractivity contribution is -0.137. The van der Waals surface area contributed by atoms with Crippen molar-refractivity contribution in [1.29, 1.82) is 0 Å². The molecule has 1 aromatic rings. The second-order valence-electron chi connectivity index (χ2n) is 7.51. The fourth-order valence-corrected chi connectivity index (χ4v) is 3.51. The van der Waals surface area contributed by atoms with E-state index in [1.165, 1.54) is 25.3 Å². The molecule has 10 heteroatoms. The van der Waals surface area contributed by atoms with E-state index in [2.05, 4.69) is 15.4 Å². The molecule has 0 aliphatic heterocycles. The molecule has 1 rings (SSSR count). The van der Waals surface area contributed by atoms with Gasteiger partial charge in [0.25, 0.3) is 0 Å². The Hall–Kier alpha value is -2.46. The highest BCUT2D eigenvalue weighted by molar-refractivity contribution is 7.92. The van der Waals surface area contributed by atoms with Crippen LogP contribution in [0.15, 0.2) is 23.1 Å². The summed E-state index contributed by atoms with van der Waals surface area (Å²) in [4.78, 5) is 35.6. The smallest absolute Gasteiger partial charge is 0.411 e. The Bertz CT molecular complexity index is 747. The lowest BCUT2D eigenvalue weighted by Gasteiger charge is -2.25. The van der Waals surface area contributed by atoms with E-state index in [-0.39, 0.29) is 5.25 Å². The number of amides is 2. The molecular formula is C19H28N2O7S. The van der Waals surface area contributed by atoms with Gasteiger partial charge >= 0.3 is 18.2 Å². The van der Waals surface area contributed by atoms with Crippen LogP contribution in [0.5, 0.6) is 0 Å². The van der Waals surface area contributed by atoms with Crippen LogP contribution >= 0.6 is 0 Å². The summed E-state index contributed by atoms with van der Waals surface area (Å²) in [6.45, 7) is 8.55. The number of benzene rings is 1. The first-order chi connectivity index (χ1) is 13.3. The zero-order chi connectivity index (χ0) is 22.4. The summed E-state index contributed by atoms with van der Waals surface area (Å²) in [6.07, 6.45) is -2.00. The predicted octanol–water partition coefficient (Wildman–Crippen LogP) is 3.42. The number of hydrogen-bond donors (Lipinski definition) is 3. The monoisotopic (exact) mass is 428 g/mol. The summed E-state index contributed by atoms with van der Waals surface area (Å²) in [5.74, 6) is -1.17. The second kappa shape index (κ2) is 10.4. The van der Waals surface area contributed by atoms with Crippen molar-refractivity contribution < 1.29 is 33.5 Å². The van der Waals surface area contributed by atoms with E-state index in [1.54, 1.807) is 34.6 Å². The molecule has 0 aliphatic rings. The zero-order valence-electron chi connectivity index (χ0n) is 17.4. The molecule has 0 spiro atoms. The maximum atomic E-state index is 12.8. The van der Waals surface area contributed by atoms with E-state index >= 15 is 0 Å². The molecule has 162 valence electrons. The van der Waals surface area contributed by atoms with Crippen LogP contribution in [0, 0.1) is 0 Å². The van der Waals surface area contributed by atoms with E-state index in [1.807, 2.05) is 0 Å². The number of rotatable bonds is 7. The van der Waals surface area contributed by atoms with Crippen molar-refractivity contribution in [3.8, 4) is 0 Å². The quantitative estimate of drug-likeness (QED) is 0.566. The number of hydrogen-bond acceptors (Lipinski definition) is 6. The van der Waals surface area contributed by atoms with Gasteiger partial charge in [0.1, 0.15) is 10.9 Å². The second-order valence-corrected chi connectivity index (χ2v) is 9.49. The van der Waals surface area contributed by atoms with Crippen LogP contribution in [-0.4, -0.2) is 45.8 Å². The molecule has 0 heterocycles. The molecule has 29 heavy (non-hydrogen) atoms. The van der Waals surface area contributed by atoms with E-state index < -0.39 is 47.4 Å². The highest BCUT2D eigenvalue weighted by atomic mass is 32.2. The minimum absolute atomic E-state index is 0.250. The Morgan fingerprint density at radius 1 is 1.21 bits per heavy atom. The Kier molecular flexibility index (Phi) is 8.78. The Labute approximate surface area is 173 Å². The lowest BCUT2D eigenvalue weighted by atomic mass is 10.0. The largest absolute Gasteiger partial charge is 0.611 e. The normalized spacial score (nSPS) is 13.4. The Morgan fingerprint density at radius 3 is 2.31 bits per heavy atom. The summed E-state index contributed by atoms with van der Waals surface area (Å²) in [7, 11) is 1.20. The number of aliphatic carboxylic acids is 1. The van der Waals surface area contributed by atoms with Gasteiger partial charge in [-0.1, -0.05) is 0 Å². The molecule has 9 nitrogen and oxygen atoms in total. The molecule has 2 atom stereocenters. The van der Waals surface area contributed by atoms with Gasteiger partial charge in [0.05, 0.1) is 19.6 Å². The number of nitrogens with one attached hydrogen (secondary N) is 2. The molecule has 2 unspecified atom stereocenters.